The average molecular weight is 1730 g/mol. The first-order valence-corrected chi connectivity index (χ1v) is 45.2. The molecule has 13 aliphatic rings. The van der Waals surface area contributed by atoms with Crippen LogP contribution in [0, 0.1) is 23.7 Å². The van der Waals surface area contributed by atoms with Gasteiger partial charge in [-0.25, -0.2) is 24.0 Å². The number of aromatic nitrogens is 4. The SMILES string of the molecule is CC1CCN(C(=O)CN)CC1.CC1CCN(C(=O)CNC(=O)[C@@H]2CC[C@@H]3CN2C(=O)N3OCc2ccccc2)CC1.CC1CCN(c2nnc([C@@H]3CC[C@@H]4CN3C(=O)N4OCc3ccccc3)o2)CC1.CC1CCNCC1.NC1CCN(c2nnc([C@@H]3CC[C@@H]4CN3C(=O)N4OS(=O)(=O)O)o2)CC1.O=C(O)[C@@H]1CC[C@@H]2CN1C(=O)N2OCc1ccccc1. The minimum Gasteiger partial charge on any atom is -0.480 e. The van der Waals surface area contributed by atoms with Crippen molar-refractivity contribution in [1.29, 1.82) is 0 Å². The molecule has 123 heavy (non-hydrogen) atoms. The lowest BCUT2D eigenvalue weighted by Crippen LogP contribution is -2.52. The predicted molar refractivity (Wildman–Crippen MR) is 447 cm³/mol. The normalized spacial score (nSPS) is 25.0. The Morgan fingerprint density at radius 3 is 1.23 bits per heavy atom. The molecule has 0 aliphatic carbocycles. The zero-order valence-electron chi connectivity index (χ0n) is 71.0. The summed E-state index contributed by atoms with van der Waals surface area (Å²) in [5.41, 5.74) is 14.2. The van der Waals surface area contributed by atoms with Gasteiger partial charge in [0.2, 0.25) is 29.5 Å². The number of urea groups is 4. The van der Waals surface area contributed by atoms with Gasteiger partial charge >= 0.3 is 52.5 Å². The molecule has 38 nitrogen and oxygen atoms in total. The van der Waals surface area contributed by atoms with Crippen molar-refractivity contribution in [1.82, 2.24) is 80.7 Å². The number of likely N-dealkylation sites (tertiary alicyclic amines) is 2. The molecule has 39 heteroatoms. The molecule has 672 valence electrons. The Labute approximate surface area is 718 Å². The summed E-state index contributed by atoms with van der Waals surface area (Å²) in [6, 6.07) is 26.6. The summed E-state index contributed by atoms with van der Waals surface area (Å²) < 4.78 is 46.9. The van der Waals surface area contributed by atoms with E-state index in [-0.39, 0.29) is 85.7 Å². The number of anilines is 2. The van der Waals surface area contributed by atoms with Crippen LogP contribution in [0.4, 0.5) is 31.2 Å². The molecule has 0 saturated carbocycles. The third kappa shape index (κ3) is 23.8. The lowest BCUT2D eigenvalue weighted by Gasteiger charge is -2.31. The minimum absolute atomic E-state index is 0.0105. The zero-order valence-corrected chi connectivity index (χ0v) is 71.8. The second-order valence-corrected chi connectivity index (χ2v) is 35.5. The Kier molecular flexibility index (Phi) is 31.5. The maximum absolute atomic E-state index is 13.0. The number of hydrogen-bond donors (Lipinski definition) is 6. The molecule has 5 aromatic rings. The fourth-order valence-electron chi connectivity index (χ4n) is 17.7. The summed E-state index contributed by atoms with van der Waals surface area (Å²) in [5, 5.41) is 36.9. The number of aliphatic carboxylic acids is 1. The van der Waals surface area contributed by atoms with Gasteiger partial charge in [0.15, 0.2) is 0 Å². The smallest absolute Gasteiger partial charge is 0.418 e. The molecular weight excluding hydrogens is 1610 g/mol. The molecular formula is C84H122N20O18S. The van der Waals surface area contributed by atoms with Gasteiger partial charge in [0.1, 0.15) is 44.0 Å². The van der Waals surface area contributed by atoms with Crippen molar-refractivity contribution < 1.29 is 84.1 Å². The number of hydroxylamine groups is 8. The second-order valence-electron chi connectivity index (χ2n) is 34.5. The first-order valence-electron chi connectivity index (χ1n) is 43.8. The van der Waals surface area contributed by atoms with Crippen LogP contribution in [0.25, 0.3) is 0 Å². The topological polar surface area (TPSA) is 441 Å². The van der Waals surface area contributed by atoms with Crippen molar-refractivity contribution in [2.45, 2.75) is 217 Å². The fraction of sp³-hybridized carbons (Fsp3) is 0.643. The molecule has 13 aliphatic heterocycles. The van der Waals surface area contributed by atoms with Gasteiger partial charge in [0.05, 0.1) is 37.3 Å². The van der Waals surface area contributed by atoms with Crippen LogP contribution in [0.1, 0.15) is 184 Å². The van der Waals surface area contributed by atoms with E-state index in [1.807, 2.05) is 111 Å². The van der Waals surface area contributed by atoms with Crippen LogP contribution in [-0.2, 0) is 68.2 Å². The molecule has 8 atom stereocenters. The van der Waals surface area contributed by atoms with Gasteiger partial charge in [-0.2, -0.15) is 28.7 Å². The van der Waals surface area contributed by atoms with Crippen LogP contribution in [0.5, 0.6) is 0 Å². The number of carboxylic acid groups (broad SMARTS) is 1. The molecule has 0 unspecified atom stereocenters. The number of benzene rings is 3. The summed E-state index contributed by atoms with van der Waals surface area (Å²) >= 11 is 0. The number of rotatable bonds is 20. The number of carbonyl (C=O) groups excluding carboxylic acids is 7. The Bertz CT molecular complexity index is 4410. The Balaban J connectivity index is 0.000000133. The van der Waals surface area contributed by atoms with Crippen LogP contribution in [0.2, 0.25) is 0 Å². The summed E-state index contributed by atoms with van der Waals surface area (Å²) in [7, 11) is -4.77. The van der Waals surface area contributed by atoms with E-state index in [1.165, 1.54) is 50.9 Å². The van der Waals surface area contributed by atoms with Gasteiger partial charge in [0.25, 0.3) is 0 Å². The molecule has 0 spiro atoms. The van der Waals surface area contributed by atoms with Crippen LogP contribution in [0.3, 0.4) is 0 Å². The van der Waals surface area contributed by atoms with Crippen molar-refractivity contribution in [3.63, 3.8) is 0 Å². The maximum atomic E-state index is 13.0. The van der Waals surface area contributed by atoms with Crippen LogP contribution < -0.4 is 31.9 Å². The molecule has 18 rings (SSSR count). The molecule has 8 N–H and O–H groups in total. The average Bonchev–Trinajstić information content (AvgIpc) is 1.62. The van der Waals surface area contributed by atoms with Crippen molar-refractivity contribution in [2.24, 2.45) is 35.1 Å². The van der Waals surface area contributed by atoms with Gasteiger partial charge in [0, 0.05) is 84.6 Å². The molecule has 11 amide bonds. The maximum Gasteiger partial charge on any atom is 0.418 e. The van der Waals surface area contributed by atoms with E-state index >= 15 is 0 Å². The quantitative estimate of drug-likeness (QED) is 0.0411. The van der Waals surface area contributed by atoms with Crippen molar-refractivity contribution in [3.8, 4) is 0 Å². The lowest BCUT2D eigenvalue weighted by atomic mass is 9.99. The van der Waals surface area contributed by atoms with E-state index in [2.05, 4.69) is 67.9 Å². The summed E-state index contributed by atoms with van der Waals surface area (Å²) in [6.45, 7) is 21.1. The highest BCUT2D eigenvalue weighted by atomic mass is 32.3. The van der Waals surface area contributed by atoms with Crippen LogP contribution in [-0.4, -0.2) is 283 Å². The fourth-order valence-corrected chi connectivity index (χ4v) is 18.1. The Morgan fingerprint density at radius 2 is 0.821 bits per heavy atom. The molecule has 0 radical (unpaired) electrons. The summed E-state index contributed by atoms with van der Waals surface area (Å²) in [5.74, 6) is 2.82. The second kappa shape index (κ2) is 42.7. The van der Waals surface area contributed by atoms with E-state index in [4.69, 9.17) is 44.5 Å². The number of carbonyl (C=O) groups is 8. The first kappa shape index (κ1) is 90.8. The largest absolute Gasteiger partial charge is 0.480 e. The van der Waals surface area contributed by atoms with Crippen LogP contribution >= 0.6 is 0 Å². The monoisotopic (exact) mass is 1730 g/mol. The van der Waals surface area contributed by atoms with Crippen molar-refractivity contribution in [2.75, 3.05) is 115 Å². The highest BCUT2D eigenvalue weighted by molar-refractivity contribution is 7.80. The third-order valence-corrected chi connectivity index (χ3v) is 25.8. The Hall–Kier alpha value is -9.87. The van der Waals surface area contributed by atoms with E-state index < -0.39 is 46.6 Å². The highest BCUT2D eigenvalue weighted by Crippen LogP contribution is 2.42. The van der Waals surface area contributed by atoms with E-state index in [9.17, 15) is 46.8 Å². The molecule has 15 heterocycles. The number of nitrogens with one attached hydrogen (secondary N) is 2. The Morgan fingerprint density at radius 1 is 0.463 bits per heavy atom. The number of nitrogens with zero attached hydrogens (tertiary/aromatic N) is 16. The number of nitrogens with two attached hydrogens (primary N) is 2. The lowest BCUT2D eigenvalue weighted by molar-refractivity contribution is -0.143. The minimum atomic E-state index is -4.77. The number of piperidine rings is 9. The summed E-state index contributed by atoms with van der Waals surface area (Å²) in [6.07, 6.45) is 16.1. The standard InChI is InChI=1S/C22H30N4O4.C21H27N5O3.C14H16N2O4.C13H20N6O6S.C8H16N2O.C6H13N/c1-16-9-11-24(12-10-16)20(27)13-23-21(28)19-8-7-18-14-25(19)22(29)26(18)30-15-17-5-3-2-4-6-17;1-15-9-11-24(12-10-15)20-23-22-19(29-20)18-8-7-17-13-25(18)21(27)26(17)28-14-16-5-3-2-4-6-16;17-13(18)12-7-6-11-8-15(12)14(19)16(11)20-9-10-4-2-1-3-5-10;14-8-3-5-17(6-4-8)12-16-15-11(24-12)10-2-1-9-7-18(10)13(20)19(9)25-26(21,22)23;1-7-2-4-10(5-3-7)8(11)6-9;1-6-2-4-7-5-3-6/h2-6,16,18-19H,7-15H2,1H3,(H,23,28);2-6,15,17-18H,7-14H2,1H3;1-5,11-12H,6-9H2,(H,17,18);8-10H,1-7,14H2,(H,21,22,23);7H,2-6,9H2,1H3;6-7H,2-5H2,1H3/t18-,19+;17-,18+;11-,12+;9-,10+;;/m1111../s1. The molecule has 2 aromatic heterocycles. The predicted octanol–water partition coefficient (Wildman–Crippen LogP) is 7.49. The third-order valence-electron chi connectivity index (χ3n) is 25.5. The summed E-state index contributed by atoms with van der Waals surface area (Å²) in [4.78, 5) is 129. The molecule has 13 saturated heterocycles. The number of carboxylic acids is 1. The van der Waals surface area contributed by atoms with Crippen molar-refractivity contribution >= 4 is 70.2 Å². The number of hydrogen-bond acceptors (Lipinski definition) is 25. The van der Waals surface area contributed by atoms with Crippen LogP contribution in [0.15, 0.2) is 99.8 Å². The van der Waals surface area contributed by atoms with Crippen molar-refractivity contribution in [3.05, 3.63) is 119 Å². The molecule has 13 fully saturated rings. The van der Waals surface area contributed by atoms with Gasteiger partial charge in [-0.1, -0.05) is 129 Å². The molecule has 8 bridgehead atoms. The van der Waals surface area contributed by atoms with Gasteiger partial charge < -0.3 is 75.2 Å². The van der Waals surface area contributed by atoms with E-state index in [0.717, 1.165) is 151 Å². The first-order chi connectivity index (χ1) is 59.3. The van der Waals surface area contributed by atoms with Gasteiger partial charge in [-0.3, -0.25) is 33.4 Å². The highest BCUT2D eigenvalue weighted by Gasteiger charge is 2.53. The van der Waals surface area contributed by atoms with Gasteiger partial charge in [-0.05, 0) is 169 Å². The zero-order chi connectivity index (χ0) is 86.8. The molecule has 3 aromatic carbocycles. The number of amides is 11. The van der Waals surface area contributed by atoms with E-state index in [1.54, 1.807) is 4.90 Å². The number of fused-ring (bicyclic) bond motifs is 8. The van der Waals surface area contributed by atoms with Gasteiger partial charge in [-0.15, -0.1) is 14.5 Å². The van der Waals surface area contributed by atoms with E-state index in [0.29, 0.717) is 113 Å².